The minimum Gasteiger partial charge on any atom is -0.506 e. The average Bonchev–Trinajstić information content (AvgIpc) is 3.09. The molecular weight excluding hydrogens is 418 g/mol. The van der Waals surface area contributed by atoms with Crippen LogP contribution in [0.4, 0.5) is 0 Å². The number of aliphatic hydroxyl groups is 1. The normalized spacial score (nSPS) is 16.0. The summed E-state index contributed by atoms with van der Waals surface area (Å²) in [7, 11) is 3.10. The molecule has 0 saturated heterocycles. The fraction of sp³-hybridized carbons (Fsp3) is 0.174. The van der Waals surface area contributed by atoms with E-state index in [0.29, 0.717) is 22.0 Å². The number of nitrogens with zero attached hydrogens (tertiary/aromatic N) is 1. The van der Waals surface area contributed by atoms with E-state index in [9.17, 15) is 14.7 Å². The Balaban J connectivity index is 1.96. The van der Waals surface area contributed by atoms with Gasteiger partial charge in [0.25, 0.3) is 5.91 Å². The second-order valence-corrected chi connectivity index (χ2v) is 7.31. The highest BCUT2D eigenvalue weighted by Crippen LogP contribution is 2.39. The molecule has 3 rings (SSSR count). The molecule has 0 radical (unpaired) electrons. The monoisotopic (exact) mass is 439 g/mol. The molecule has 1 aliphatic heterocycles. The van der Waals surface area contributed by atoms with Gasteiger partial charge in [-0.1, -0.05) is 23.9 Å². The van der Waals surface area contributed by atoms with Gasteiger partial charge in [0.15, 0.2) is 0 Å². The van der Waals surface area contributed by atoms with E-state index in [1.54, 1.807) is 68.6 Å². The van der Waals surface area contributed by atoms with Gasteiger partial charge in [-0.05, 0) is 55.0 Å². The Morgan fingerprint density at radius 2 is 1.58 bits per heavy atom. The smallest absolute Gasteiger partial charge is 0.344 e. The van der Waals surface area contributed by atoms with E-state index in [2.05, 4.69) is 4.99 Å². The van der Waals surface area contributed by atoms with Crippen molar-refractivity contribution in [3.8, 4) is 11.5 Å². The van der Waals surface area contributed by atoms with E-state index in [1.165, 1.54) is 7.11 Å². The third kappa shape index (κ3) is 5.16. The number of amides is 1. The Labute approximate surface area is 184 Å². The Morgan fingerprint density at radius 1 is 1.00 bits per heavy atom. The van der Waals surface area contributed by atoms with E-state index in [4.69, 9.17) is 14.2 Å². The number of carbonyl (C=O) groups is 2. The quantitative estimate of drug-likeness (QED) is 0.667. The van der Waals surface area contributed by atoms with Crippen LogP contribution in [0.5, 0.6) is 11.5 Å². The van der Waals surface area contributed by atoms with Gasteiger partial charge >= 0.3 is 5.97 Å². The van der Waals surface area contributed by atoms with Crippen molar-refractivity contribution < 1.29 is 28.9 Å². The summed E-state index contributed by atoms with van der Waals surface area (Å²) in [6, 6.07) is 13.6. The number of carbonyl (C=O) groups excluding carboxylic acids is 2. The molecule has 7 nitrogen and oxygen atoms in total. The van der Waals surface area contributed by atoms with Crippen LogP contribution in [0.25, 0.3) is 6.08 Å². The average molecular weight is 439 g/mol. The number of ether oxygens (including phenoxy) is 3. The van der Waals surface area contributed by atoms with Crippen molar-refractivity contribution >= 4 is 34.8 Å². The lowest BCUT2D eigenvalue weighted by Gasteiger charge is -2.04. The van der Waals surface area contributed by atoms with Crippen molar-refractivity contribution in [3.05, 3.63) is 75.9 Å². The van der Waals surface area contributed by atoms with Crippen LogP contribution in [0.3, 0.4) is 0 Å². The highest BCUT2D eigenvalue weighted by atomic mass is 32.2. The molecule has 2 aromatic rings. The first-order valence-corrected chi connectivity index (χ1v) is 10.2. The summed E-state index contributed by atoms with van der Waals surface area (Å²) in [4.78, 5) is 29.5. The van der Waals surface area contributed by atoms with Crippen molar-refractivity contribution in [2.75, 3.05) is 20.8 Å². The first-order valence-electron chi connectivity index (χ1n) is 9.38. The molecule has 1 amide bonds. The largest absolute Gasteiger partial charge is 0.506 e. The van der Waals surface area contributed by atoms with E-state index >= 15 is 0 Å². The lowest BCUT2D eigenvalue weighted by Crippen LogP contribution is -2.14. The fourth-order valence-electron chi connectivity index (χ4n) is 2.73. The zero-order valence-corrected chi connectivity index (χ0v) is 18.1. The van der Waals surface area contributed by atoms with Crippen molar-refractivity contribution in [1.82, 2.24) is 0 Å². The molecule has 160 valence electrons. The molecule has 0 aliphatic carbocycles. The van der Waals surface area contributed by atoms with E-state index in [-0.39, 0.29) is 23.0 Å². The number of benzene rings is 2. The predicted molar refractivity (Wildman–Crippen MR) is 120 cm³/mol. The van der Waals surface area contributed by atoms with Crippen LogP contribution in [0, 0.1) is 0 Å². The summed E-state index contributed by atoms with van der Waals surface area (Å²) in [6.45, 7) is 1.78. The van der Waals surface area contributed by atoms with Gasteiger partial charge in [0.2, 0.25) is 0 Å². The molecule has 0 bridgehead atoms. The minimum atomic E-state index is -0.744. The first kappa shape index (κ1) is 22.2. The Morgan fingerprint density at radius 3 is 2.13 bits per heavy atom. The standard InChI is InChI=1S/C23H21NO6S/c1-4-30-23(27)19-20(25)18(13-14-5-9-16(28-2)10-6-14)31-22(19)24-21(26)15-7-11-17(29-3)12-8-15/h5-13,25H,4H2,1-3H3. The van der Waals surface area contributed by atoms with Crippen LogP contribution in [0.15, 0.2) is 69.8 Å². The molecule has 1 aliphatic rings. The number of hydrogen-bond acceptors (Lipinski definition) is 7. The molecule has 0 saturated carbocycles. The molecule has 0 aromatic heterocycles. The molecule has 0 spiro atoms. The Kier molecular flexibility index (Phi) is 7.15. The van der Waals surface area contributed by atoms with Gasteiger partial charge in [0.05, 0.1) is 25.7 Å². The lowest BCUT2D eigenvalue weighted by molar-refractivity contribution is -0.138. The Bertz CT molecular complexity index is 1070. The van der Waals surface area contributed by atoms with Crippen LogP contribution in [-0.4, -0.2) is 42.9 Å². The summed E-state index contributed by atoms with van der Waals surface area (Å²) in [5, 5.41) is 10.8. The van der Waals surface area contributed by atoms with Gasteiger partial charge in [0, 0.05) is 5.56 Å². The highest BCUT2D eigenvalue weighted by molar-refractivity contribution is 8.18. The summed E-state index contributed by atoms with van der Waals surface area (Å²) < 4.78 is 15.3. The number of thioether (sulfide) groups is 1. The Hall–Kier alpha value is -3.52. The van der Waals surface area contributed by atoms with E-state index in [0.717, 1.165) is 17.3 Å². The van der Waals surface area contributed by atoms with Gasteiger partial charge in [-0.3, -0.25) is 4.79 Å². The van der Waals surface area contributed by atoms with Crippen LogP contribution in [-0.2, 0) is 9.53 Å². The van der Waals surface area contributed by atoms with Gasteiger partial charge in [-0.2, -0.15) is 0 Å². The maximum atomic E-state index is 12.6. The molecule has 31 heavy (non-hydrogen) atoms. The van der Waals surface area contributed by atoms with Crippen LogP contribution in [0.1, 0.15) is 22.8 Å². The SMILES string of the molecule is CCOC(=O)C1=C(O)C(=Cc2ccc(OC)cc2)SC1=NC(=O)c1ccc(OC)cc1. The number of methoxy groups -OCH3 is 2. The molecule has 2 aromatic carbocycles. The zero-order chi connectivity index (χ0) is 22.4. The van der Waals surface area contributed by atoms with Crippen LogP contribution < -0.4 is 9.47 Å². The molecule has 1 N–H and O–H groups in total. The summed E-state index contributed by atoms with van der Waals surface area (Å²) in [5.74, 6) is -0.271. The third-order valence-electron chi connectivity index (χ3n) is 4.32. The molecule has 8 heteroatoms. The first-order chi connectivity index (χ1) is 15.0. The highest BCUT2D eigenvalue weighted by Gasteiger charge is 2.33. The van der Waals surface area contributed by atoms with E-state index in [1.807, 2.05) is 0 Å². The number of aliphatic hydroxyl groups excluding tert-OH is 1. The maximum absolute atomic E-state index is 12.6. The van der Waals surface area contributed by atoms with Gasteiger partial charge in [-0.15, -0.1) is 0 Å². The number of rotatable bonds is 6. The minimum absolute atomic E-state index is 0.0801. The fourth-order valence-corrected chi connectivity index (χ4v) is 3.75. The van der Waals surface area contributed by atoms with Crippen molar-refractivity contribution in [1.29, 1.82) is 0 Å². The summed E-state index contributed by atoms with van der Waals surface area (Å²) in [5.41, 5.74) is 0.971. The molecule has 1 heterocycles. The molecular formula is C23H21NO6S. The molecule has 0 atom stereocenters. The van der Waals surface area contributed by atoms with Crippen molar-refractivity contribution in [2.45, 2.75) is 6.92 Å². The summed E-state index contributed by atoms with van der Waals surface area (Å²) >= 11 is 1.03. The predicted octanol–water partition coefficient (Wildman–Crippen LogP) is 4.41. The second kappa shape index (κ2) is 9.99. The van der Waals surface area contributed by atoms with Gasteiger partial charge in [0.1, 0.15) is 27.9 Å². The van der Waals surface area contributed by atoms with Crippen molar-refractivity contribution in [3.63, 3.8) is 0 Å². The van der Waals surface area contributed by atoms with E-state index < -0.39 is 11.9 Å². The maximum Gasteiger partial charge on any atom is 0.344 e. The second-order valence-electron chi connectivity index (χ2n) is 6.28. The van der Waals surface area contributed by atoms with Gasteiger partial charge in [-0.25, -0.2) is 9.79 Å². The molecule has 0 fully saturated rings. The lowest BCUT2D eigenvalue weighted by atomic mass is 10.1. The zero-order valence-electron chi connectivity index (χ0n) is 17.2. The van der Waals surface area contributed by atoms with Crippen LogP contribution >= 0.6 is 11.8 Å². The number of aliphatic imine (C=N–C) groups is 1. The topological polar surface area (TPSA) is 94.4 Å². The molecule has 0 unspecified atom stereocenters. The number of esters is 1. The van der Waals surface area contributed by atoms with Crippen molar-refractivity contribution in [2.24, 2.45) is 4.99 Å². The van der Waals surface area contributed by atoms with Crippen LogP contribution in [0.2, 0.25) is 0 Å². The van der Waals surface area contributed by atoms with Gasteiger partial charge < -0.3 is 19.3 Å². The number of hydrogen-bond donors (Lipinski definition) is 1. The third-order valence-corrected chi connectivity index (χ3v) is 5.34. The summed E-state index contributed by atoms with van der Waals surface area (Å²) in [6.07, 6.45) is 1.69.